The van der Waals surface area contributed by atoms with Crippen LogP contribution in [0.5, 0.6) is 0 Å². The molecule has 0 bridgehead atoms. The molecule has 9 aromatic carbocycles. The Morgan fingerprint density at radius 3 is 1.11 bits per heavy atom. The molecule has 2 heteroatoms. The lowest BCUT2D eigenvalue weighted by Crippen LogP contribution is -2.09. The summed E-state index contributed by atoms with van der Waals surface area (Å²) in [5.74, 6) is 0. The van der Waals surface area contributed by atoms with Crippen molar-refractivity contribution in [2.45, 2.75) is 0 Å². The highest BCUT2D eigenvalue weighted by molar-refractivity contribution is 6.13. The van der Waals surface area contributed by atoms with Crippen LogP contribution in [0.2, 0.25) is 0 Å². The van der Waals surface area contributed by atoms with E-state index >= 15 is 0 Å². The fraction of sp³-hybridized carbons (Fsp3) is 0. The Kier molecular flexibility index (Phi) is 8.55. The van der Waals surface area contributed by atoms with Crippen LogP contribution >= 0.6 is 0 Å². The van der Waals surface area contributed by atoms with E-state index in [1.54, 1.807) is 0 Å². The quantitative estimate of drug-likeness (QED) is 0.156. The van der Waals surface area contributed by atoms with Gasteiger partial charge in [0.1, 0.15) is 11.2 Å². The second-order valence-corrected chi connectivity index (χ2v) is 14.1. The highest BCUT2D eigenvalue weighted by Gasteiger charge is 2.16. The second-order valence-electron chi connectivity index (χ2n) is 14.1. The summed E-state index contributed by atoms with van der Waals surface area (Å²) in [4.78, 5) is 2.31. The molecule has 264 valence electrons. The van der Waals surface area contributed by atoms with Crippen molar-refractivity contribution in [2.24, 2.45) is 0 Å². The third-order valence-corrected chi connectivity index (χ3v) is 10.7. The molecular weight excluding hydrogens is 679 g/mol. The van der Waals surface area contributed by atoms with Gasteiger partial charge in [-0.25, -0.2) is 0 Å². The maximum absolute atomic E-state index is 6.69. The minimum absolute atomic E-state index is 0.916. The number of furan rings is 1. The van der Waals surface area contributed by atoms with Gasteiger partial charge in [0, 0.05) is 39.0 Å². The van der Waals surface area contributed by atoms with Crippen LogP contribution in [0, 0.1) is 0 Å². The molecule has 0 unspecified atom stereocenters. The number of hydrogen-bond donors (Lipinski definition) is 0. The lowest BCUT2D eigenvalue weighted by Gasteiger charge is -2.26. The molecule has 10 aromatic rings. The summed E-state index contributed by atoms with van der Waals surface area (Å²) in [6.07, 6.45) is 0. The number of hydrogen-bond acceptors (Lipinski definition) is 2. The highest BCUT2D eigenvalue weighted by atomic mass is 16.3. The third-order valence-electron chi connectivity index (χ3n) is 10.7. The molecule has 0 aliphatic heterocycles. The van der Waals surface area contributed by atoms with Gasteiger partial charge in [0.2, 0.25) is 0 Å². The normalized spacial score (nSPS) is 11.2. The Bertz CT molecular complexity index is 2910. The summed E-state index contributed by atoms with van der Waals surface area (Å²) in [5.41, 5.74) is 16.8. The number of para-hydroxylation sites is 3. The Labute approximate surface area is 327 Å². The zero-order valence-electron chi connectivity index (χ0n) is 30.7. The minimum atomic E-state index is 0.916. The van der Waals surface area contributed by atoms with Gasteiger partial charge in [0.25, 0.3) is 0 Å². The number of rotatable bonds is 8. The van der Waals surface area contributed by atoms with Crippen molar-refractivity contribution in [2.75, 3.05) is 4.90 Å². The van der Waals surface area contributed by atoms with Crippen molar-refractivity contribution >= 4 is 39.0 Å². The topological polar surface area (TPSA) is 16.4 Å². The molecule has 0 saturated carbocycles. The van der Waals surface area contributed by atoms with Gasteiger partial charge >= 0.3 is 0 Å². The summed E-state index contributed by atoms with van der Waals surface area (Å²) >= 11 is 0. The minimum Gasteiger partial charge on any atom is -0.455 e. The van der Waals surface area contributed by atoms with Crippen LogP contribution in [0.1, 0.15) is 0 Å². The maximum Gasteiger partial charge on any atom is 0.143 e. The van der Waals surface area contributed by atoms with Crippen molar-refractivity contribution in [3.8, 4) is 55.6 Å². The SMILES string of the molecule is c1ccc(-c2ccc(N(c3ccccc3)c3ccc(-c4cccc(-c5ccc(-c6cccc7c6oc6c(-c8ccccc8)cccc67)cc5)c4)cc3)cc2)cc1. The Morgan fingerprint density at radius 2 is 0.589 bits per heavy atom. The van der Waals surface area contributed by atoms with E-state index in [4.69, 9.17) is 4.42 Å². The van der Waals surface area contributed by atoms with Gasteiger partial charge < -0.3 is 9.32 Å². The van der Waals surface area contributed by atoms with E-state index in [2.05, 4.69) is 223 Å². The standard InChI is InChI=1S/C54H37NO/c1-4-13-38(14-5-1)39-29-33-47(34-30-39)55(46-19-8-3-9-20-46)48-35-31-41(32-36-48)45-18-10-17-44(37-45)40-25-27-43(28-26-40)50-22-12-24-52-51-23-11-21-49(53(51)56-54(50)52)42-15-6-2-7-16-42/h1-37H. The van der Waals surface area contributed by atoms with Crippen LogP contribution in [0.3, 0.4) is 0 Å². The molecule has 0 aliphatic rings. The number of nitrogens with zero attached hydrogens (tertiary/aromatic N) is 1. The predicted octanol–water partition coefficient (Wildman–Crippen LogP) is 15.4. The molecule has 0 radical (unpaired) electrons. The molecule has 0 amide bonds. The van der Waals surface area contributed by atoms with Crippen LogP contribution < -0.4 is 4.90 Å². The van der Waals surface area contributed by atoms with Gasteiger partial charge in [-0.3, -0.25) is 0 Å². The summed E-state index contributed by atoms with van der Waals surface area (Å²) in [6.45, 7) is 0. The van der Waals surface area contributed by atoms with E-state index in [-0.39, 0.29) is 0 Å². The van der Waals surface area contributed by atoms with Crippen molar-refractivity contribution in [3.63, 3.8) is 0 Å². The molecule has 0 saturated heterocycles. The lowest BCUT2D eigenvalue weighted by atomic mass is 9.96. The molecule has 0 aliphatic carbocycles. The molecule has 56 heavy (non-hydrogen) atoms. The summed E-state index contributed by atoms with van der Waals surface area (Å²) in [7, 11) is 0. The fourth-order valence-electron chi connectivity index (χ4n) is 7.87. The molecule has 1 aromatic heterocycles. The monoisotopic (exact) mass is 715 g/mol. The van der Waals surface area contributed by atoms with Gasteiger partial charge in [0.05, 0.1) is 0 Å². The van der Waals surface area contributed by atoms with E-state index < -0.39 is 0 Å². The van der Waals surface area contributed by atoms with Crippen LogP contribution in [0.4, 0.5) is 17.1 Å². The van der Waals surface area contributed by atoms with E-state index in [9.17, 15) is 0 Å². The highest BCUT2D eigenvalue weighted by Crippen LogP contribution is 2.41. The van der Waals surface area contributed by atoms with Crippen LogP contribution in [-0.2, 0) is 0 Å². The first-order valence-corrected chi connectivity index (χ1v) is 19.1. The van der Waals surface area contributed by atoms with Gasteiger partial charge in [-0.2, -0.15) is 0 Å². The first-order valence-electron chi connectivity index (χ1n) is 19.1. The molecule has 10 rings (SSSR count). The van der Waals surface area contributed by atoms with Gasteiger partial charge in [-0.1, -0.05) is 182 Å². The molecule has 0 N–H and O–H groups in total. The fourth-order valence-corrected chi connectivity index (χ4v) is 7.87. The van der Waals surface area contributed by atoms with E-state index in [0.717, 1.165) is 61.3 Å². The van der Waals surface area contributed by atoms with Crippen LogP contribution in [0.25, 0.3) is 77.6 Å². The predicted molar refractivity (Wildman–Crippen MR) is 236 cm³/mol. The molecule has 2 nitrogen and oxygen atoms in total. The summed E-state index contributed by atoms with van der Waals surface area (Å²) < 4.78 is 6.69. The van der Waals surface area contributed by atoms with E-state index in [1.807, 2.05) is 6.07 Å². The van der Waals surface area contributed by atoms with Crippen molar-refractivity contribution in [1.82, 2.24) is 0 Å². The van der Waals surface area contributed by atoms with E-state index in [0.29, 0.717) is 0 Å². The molecular formula is C54H37NO. The van der Waals surface area contributed by atoms with E-state index in [1.165, 1.54) is 33.4 Å². The second kappa shape index (κ2) is 14.4. The number of fused-ring (bicyclic) bond motifs is 3. The average Bonchev–Trinajstić information content (AvgIpc) is 3.68. The molecule has 0 spiro atoms. The molecule has 0 atom stereocenters. The van der Waals surface area contributed by atoms with Crippen LogP contribution in [0.15, 0.2) is 229 Å². The Morgan fingerprint density at radius 1 is 0.250 bits per heavy atom. The Balaban J connectivity index is 0.933. The first-order chi connectivity index (χ1) is 27.8. The van der Waals surface area contributed by atoms with Gasteiger partial charge in [-0.05, 0) is 87.0 Å². The number of benzene rings is 9. The summed E-state index contributed by atoms with van der Waals surface area (Å²) in [6, 6.07) is 79.8. The Hall–Kier alpha value is -7.42. The zero-order chi connectivity index (χ0) is 37.3. The number of anilines is 3. The molecule has 1 heterocycles. The zero-order valence-corrected chi connectivity index (χ0v) is 30.7. The van der Waals surface area contributed by atoms with Crippen LogP contribution in [-0.4, -0.2) is 0 Å². The van der Waals surface area contributed by atoms with Crippen molar-refractivity contribution in [1.29, 1.82) is 0 Å². The van der Waals surface area contributed by atoms with Gasteiger partial charge in [-0.15, -0.1) is 0 Å². The first kappa shape index (κ1) is 33.2. The molecule has 0 fully saturated rings. The smallest absolute Gasteiger partial charge is 0.143 e. The third kappa shape index (κ3) is 6.24. The maximum atomic E-state index is 6.69. The average molecular weight is 716 g/mol. The van der Waals surface area contributed by atoms with Gasteiger partial charge in [0.15, 0.2) is 0 Å². The lowest BCUT2D eigenvalue weighted by molar-refractivity contribution is 0.671. The van der Waals surface area contributed by atoms with Crippen molar-refractivity contribution < 1.29 is 4.42 Å². The largest absolute Gasteiger partial charge is 0.455 e. The summed E-state index contributed by atoms with van der Waals surface area (Å²) in [5, 5.41) is 2.26. The van der Waals surface area contributed by atoms with Crippen molar-refractivity contribution in [3.05, 3.63) is 224 Å².